The first kappa shape index (κ1) is 25.5. The molecule has 0 amide bonds. The van der Waals surface area contributed by atoms with Crippen LogP contribution in [0.2, 0.25) is 0 Å². The molecule has 33 heavy (non-hydrogen) atoms. The number of aryl methyl sites for hydroxylation is 1. The van der Waals surface area contributed by atoms with E-state index in [2.05, 4.69) is 5.32 Å². The number of hydrogen-bond donors (Lipinski definition) is 1. The van der Waals surface area contributed by atoms with Crippen molar-refractivity contribution in [1.82, 2.24) is 10.2 Å². The first-order chi connectivity index (χ1) is 15.5. The summed E-state index contributed by atoms with van der Waals surface area (Å²) >= 11 is 0. The fourth-order valence-corrected chi connectivity index (χ4v) is 9.13. The molecule has 3 rings (SSSR count). The van der Waals surface area contributed by atoms with Gasteiger partial charge in [0.05, 0.1) is 31.0 Å². The van der Waals surface area contributed by atoms with E-state index < -0.39 is 36.7 Å². The molecule has 1 N–H and O–H groups in total. The molecule has 0 aliphatic carbocycles. The van der Waals surface area contributed by atoms with Crippen LogP contribution in [0.3, 0.4) is 0 Å². The van der Waals surface area contributed by atoms with Gasteiger partial charge in [0.15, 0.2) is 19.7 Å². The van der Waals surface area contributed by atoms with Crippen LogP contribution in [-0.4, -0.2) is 79.4 Å². The van der Waals surface area contributed by atoms with E-state index in [1.165, 1.54) is 13.2 Å². The molecule has 1 unspecified atom stereocenters. The van der Waals surface area contributed by atoms with E-state index in [-0.39, 0.29) is 22.4 Å². The van der Waals surface area contributed by atoms with Gasteiger partial charge >= 0.3 is 0 Å². The maximum atomic E-state index is 13.6. The summed E-state index contributed by atoms with van der Waals surface area (Å²) in [6.07, 6.45) is 0. The Hall–Kier alpha value is -2.14. The van der Waals surface area contributed by atoms with Crippen molar-refractivity contribution >= 4 is 19.7 Å². The van der Waals surface area contributed by atoms with Crippen LogP contribution in [0.4, 0.5) is 0 Å². The molecule has 1 fully saturated rings. The maximum absolute atomic E-state index is 13.6. The standard InChI is InChI=1S/C23H32N2O6S2/c1-16-6-11-21(31-5)22(12-16)33(28,29)23-15-32(26,27)14-19(23)24-13-20(25(2)3)17-7-9-18(30-4)10-8-17/h6-12,19-20,23-24H,13-15H2,1-5H3/t19-,20?,23-/m0/s1. The van der Waals surface area contributed by atoms with Gasteiger partial charge in [-0.3, -0.25) is 0 Å². The molecule has 1 heterocycles. The number of benzene rings is 2. The number of rotatable bonds is 9. The molecule has 0 radical (unpaired) electrons. The van der Waals surface area contributed by atoms with Crippen molar-refractivity contribution < 1.29 is 26.3 Å². The van der Waals surface area contributed by atoms with E-state index in [0.29, 0.717) is 6.54 Å². The molecule has 182 valence electrons. The number of likely N-dealkylation sites (N-methyl/N-ethyl adjacent to an activating group) is 1. The highest BCUT2D eigenvalue weighted by Gasteiger charge is 2.46. The minimum absolute atomic E-state index is 0.0261. The van der Waals surface area contributed by atoms with Gasteiger partial charge < -0.3 is 19.7 Å². The largest absolute Gasteiger partial charge is 0.497 e. The van der Waals surface area contributed by atoms with Crippen LogP contribution in [0.5, 0.6) is 11.5 Å². The van der Waals surface area contributed by atoms with Gasteiger partial charge in [0.2, 0.25) is 0 Å². The Kier molecular flexibility index (Phi) is 7.73. The Morgan fingerprint density at radius 3 is 2.30 bits per heavy atom. The molecule has 1 saturated heterocycles. The Morgan fingerprint density at radius 2 is 1.73 bits per heavy atom. The van der Waals surface area contributed by atoms with Gasteiger partial charge in [-0.2, -0.15) is 0 Å². The van der Waals surface area contributed by atoms with E-state index in [1.807, 2.05) is 43.3 Å². The zero-order valence-electron chi connectivity index (χ0n) is 19.6. The highest BCUT2D eigenvalue weighted by Crippen LogP contribution is 2.33. The monoisotopic (exact) mass is 496 g/mol. The van der Waals surface area contributed by atoms with Crippen LogP contribution >= 0.6 is 0 Å². The van der Waals surface area contributed by atoms with Gasteiger partial charge in [0.1, 0.15) is 16.4 Å². The summed E-state index contributed by atoms with van der Waals surface area (Å²) in [6, 6.07) is 11.7. The Labute approximate surface area is 196 Å². The summed E-state index contributed by atoms with van der Waals surface area (Å²) < 4.78 is 62.7. The molecule has 8 nitrogen and oxygen atoms in total. The second kappa shape index (κ2) is 10.0. The molecule has 2 aromatic carbocycles. The van der Waals surface area contributed by atoms with E-state index in [4.69, 9.17) is 9.47 Å². The Bertz CT molecular complexity index is 1180. The topological polar surface area (TPSA) is 102 Å². The zero-order valence-corrected chi connectivity index (χ0v) is 21.2. The normalized spacial score (nSPS) is 21.2. The second-order valence-electron chi connectivity index (χ2n) is 8.58. The summed E-state index contributed by atoms with van der Waals surface area (Å²) in [6.45, 7) is 2.17. The number of nitrogens with one attached hydrogen (secondary N) is 1. The van der Waals surface area contributed by atoms with Crippen molar-refractivity contribution in [2.24, 2.45) is 0 Å². The molecule has 1 aliphatic rings. The molecule has 3 atom stereocenters. The Balaban J connectivity index is 1.88. The minimum atomic E-state index is -3.96. The van der Waals surface area contributed by atoms with Crippen molar-refractivity contribution in [1.29, 1.82) is 0 Å². The third kappa shape index (κ3) is 5.68. The first-order valence-corrected chi connectivity index (χ1v) is 14.0. The third-order valence-corrected chi connectivity index (χ3v) is 10.2. The molecule has 0 spiro atoms. The number of methoxy groups -OCH3 is 2. The molecular formula is C23H32N2O6S2. The first-order valence-electron chi connectivity index (χ1n) is 10.6. The molecule has 0 bridgehead atoms. The zero-order chi connectivity index (χ0) is 24.4. The molecule has 0 saturated carbocycles. The number of ether oxygens (including phenoxy) is 2. The lowest BCUT2D eigenvalue weighted by Gasteiger charge is -2.28. The van der Waals surface area contributed by atoms with Crippen molar-refractivity contribution in [2.75, 3.05) is 46.4 Å². The lowest BCUT2D eigenvalue weighted by Crippen LogP contribution is -2.46. The van der Waals surface area contributed by atoms with E-state index in [1.54, 1.807) is 26.2 Å². The van der Waals surface area contributed by atoms with Crippen LogP contribution < -0.4 is 14.8 Å². The van der Waals surface area contributed by atoms with Crippen molar-refractivity contribution in [3.63, 3.8) is 0 Å². The van der Waals surface area contributed by atoms with Gasteiger partial charge in [-0.15, -0.1) is 0 Å². The van der Waals surface area contributed by atoms with E-state index in [0.717, 1.165) is 16.9 Å². The number of nitrogens with zero attached hydrogens (tertiary/aromatic N) is 1. The van der Waals surface area contributed by atoms with Gasteiger partial charge in [-0.25, -0.2) is 16.8 Å². The predicted octanol–water partition coefficient (Wildman–Crippen LogP) is 1.84. The molecule has 10 heteroatoms. The van der Waals surface area contributed by atoms with Gasteiger partial charge in [0.25, 0.3) is 0 Å². The SMILES string of the molecule is COc1ccc(C(CN[C@H]2CS(=O)(=O)C[C@@H]2S(=O)(=O)c2cc(C)ccc2OC)N(C)C)cc1. The summed E-state index contributed by atoms with van der Waals surface area (Å²) in [5, 5.41) is 2.15. The van der Waals surface area contributed by atoms with Crippen LogP contribution in [0, 0.1) is 6.92 Å². The smallest absolute Gasteiger partial charge is 0.187 e. The van der Waals surface area contributed by atoms with Crippen molar-refractivity contribution in [3.8, 4) is 11.5 Å². The lowest BCUT2D eigenvalue weighted by atomic mass is 10.1. The van der Waals surface area contributed by atoms with Gasteiger partial charge in [-0.05, 0) is 56.4 Å². The predicted molar refractivity (Wildman–Crippen MR) is 129 cm³/mol. The molecular weight excluding hydrogens is 464 g/mol. The third-order valence-electron chi connectivity index (χ3n) is 6.02. The van der Waals surface area contributed by atoms with E-state index >= 15 is 0 Å². The fraction of sp³-hybridized carbons (Fsp3) is 0.478. The van der Waals surface area contributed by atoms with Crippen LogP contribution in [0.25, 0.3) is 0 Å². The molecule has 1 aliphatic heterocycles. The highest BCUT2D eigenvalue weighted by atomic mass is 32.2. The maximum Gasteiger partial charge on any atom is 0.187 e. The summed E-state index contributed by atoms with van der Waals surface area (Å²) in [5.74, 6) is 0.310. The fourth-order valence-electron chi connectivity index (χ4n) is 4.17. The average Bonchev–Trinajstić information content (AvgIpc) is 3.09. The van der Waals surface area contributed by atoms with Crippen molar-refractivity contribution in [3.05, 3.63) is 53.6 Å². The highest BCUT2D eigenvalue weighted by molar-refractivity contribution is 7.96. The second-order valence-corrected chi connectivity index (χ2v) is 12.9. The lowest BCUT2D eigenvalue weighted by molar-refractivity contribution is 0.281. The molecule has 0 aromatic heterocycles. The number of hydrogen-bond acceptors (Lipinski definition) is 8. The van der Waals surface area contributed by atoms with Crippen molar-refractivity contribution in [2.45, 2.75) is 29.2 Å². The van der Waals surface area contributed by atoms with Gasteiger partial charge in [0, 0.05) is 18.6 Å². The summed E-state index contributed by atoms with van der Waals surface area (Å²) in [4.78, 5) is 2.03. The Morgan fingerprint density at radius 1 is 1.06 bits per heavy atom. The quantitative estimate of drug-likeness (QED) is 0.561. The van der Waals surface area contributed by atoms with E-state index in [9.17, 15) is 16.8 Å². The van der Waals surface area contributed by atoms with Crippen LogP contribution in [0.15, 0.2) is 47.4 Å². The number of sulfone groups is 2. The summed E-state index contributed by atoms with van der Waals surface area (Å²) in [5.41, 5.74) is 1.76. The van der Waals surface area contributed by atoms with Gasteiger partial charge in [-0.1, -0.05) is 18.2 Å². The molecule has 2 aromatic rings. The summed E-state index contributed by atoms with van der Waals surface area (Å²) in [7, 11) is -0.628. The van der Waals surface area contributed by atoms with Crippen LogP contribution in [0.1, 0.15) is 17.2 Å². The average molecular weight is 497 g/mol. The minimum Gasteiger partial charge on any atom is -0.497 e. The van der Waals surface area contributed by atoms with Crippen LogP contribution in [-0.2, 0) is 19.7 Å².